The molecule has 0 aliphatic heterocycles. The van der Waals surface area contributed by atoms with Gasteiger partial charge in [-0.2, -0.15) is 0 Å². The van der Waals surface area contributed by atoms with Crippen LogP contribution in [0.3, 0.4) is 0 Å². The molecule has 1 aromatic rings. The van der Waals surface area contributed by atoms with Gasteiger partial charge >= 0.3 is 5.97 Å². The van der Waals surface area contributed by atoms with Crippen molar-refractivity contribution in [2.24, 2.45) is 0 Å². The normalized spacial score (nSPS) is 12.1. The van der Waals surface area contributed by atoms with Gasteiger partial charge in [0.15, 0.2) is 0 Å². The molecule has 1 aromatic carbocycles. The third-order valence-electron chi connectivity index (χ3n) is 2.31. The third-order valence-corrected chi connectivity index (χ3v) is 2.31. The summed E-state index contributed by atoms with van der Waals surface area (Å²) >= 11 is 0. The van der Waals surface area contributed by atoms with Crippen molar-refractivity contribution in [3.05, 3.63) is 35.9 Å². The molecule has 82 valence electrons. The van der Waals surface area contributed by atoms with Crippen molar-refractivity contribution in [1.82, 2.24) is 0 Å². The SMILES string of the molecule is CCCCC(=O)O[C@H](C)c1ccccc1. The van der Waals surface area contributed by atoms with Crippen molar-refractivity contribution in [2.45, 2.75) is 39.2 Å². The lowest BCUT2D eigenvalue weighted by Crippen LogP contribution is -2.08. The molecule has 15 heavy (non-hydrogen) atoms. The maximum absolute atomic E-state index is 11.4. The van der Waals surface area contributed by atoms with Gasteiger partial charge in [-0.25, -0.2) is 0 Å². The predicted octanol–water partition coefficient (Wildman–Crippen LogP) is 3.48. The third kappa shape index (κ3) is 4.15. The molecule has 2 heteroatoms. The van der Waals surface area contributed by atoms with Crippen LogP contribution in [-0.2, 0) is 9.53 Å². The number of esters is 1. The topological polar surface area (TPSA) is 26.3 Å². The van der Waals surface area contributed by atoms with Crippen LogP contribution in [-0.4, -0.2) is 5.97 Å². The van der Waals surface area contributed by atoms with Gasteiger partial charge in [-0.05, 0) is 18.9 Å². The maximum Gasteiger partial charge on any atom is 0.306 e. The molecule has 0 aromatic heterocycles. The van der Waals surface area contributed by atoms with E-state index >= 15 is 0 Å². The van der Waals surface area contributed by atoms with E-state index in [1.807, 2.05) is 37.3 Å². The summed E-state index contributed by atoms with van der Waals surface area (Å²) in [4.78, 5) is 11.4. The summed E-state index contributed by atoms with van der Waals surface area (Å²) in [5.74, 6) is -0.104. The molecule has 0 radical (unpaired) electrons. The van der Waals surface area contributed by atoms with Gasteiger partial charge < -0.3 is 4.74 Å². The van der Waals surface area contributed by atoms with Crippen molar-refractivity contribution >= 4 is 5.97 Å². The summed E-state index contributed by atoms with van der Waals surface area (Å²) in [5.41, 5.74) is 1.04. The van der Waals surface area contributed by atoms with Gasteiger partial charge in [0.2, 0.25) is 0 Å². The zero-order valence-electron chi connectivity index (χ0n) is 9.40. The molecule has 0 aliphatic rings. The van der Waals surface area contributed by atoms with Crippen LogP contribution >= 0.6 is 0 Å². The summed E-state index contributed by atoms with van der Waals surface area (Å²) in [6.45, 7) is 3.97. The Kier molecular flexibility index (Phi) is 4.88. The van der Waals surface area contributed by atoms with Crippen LogP contribution in [0.2, 0.25) is 0 Å². The molecule has 0 saturated heterocycles. The number of carbonyl (C=O) groups is 1. The van der Waals surface area contributed by atoms with Crippen LogP contribution in [0.15, 0.2) is 30.3 Å². The van der Waals surface area contributed by atoms with Gasteiger partial charge in [0, 0.05) is 6.42 Å². The lowest BCUT2D eigenvalue weighted by atomic mass is 10.1. The number of rotatable bonds is 5. The second kappa shape index (κ2) is 6.23. The number of ether oxygens (including phenoxy) is 1. The summed E-state index contributed by atoms with van der Waals surface area (Å²) in [7, 11) is 0. The number of benzene rings is 1. The van der Waals surface area contributed by atoms with Crippen molar-refractivity contribution in [1.29, 1.82) is 0 Å². The lowest BCUT2D eigenvalue weighted by molar-refractivity contribution is -0.148. The summed E-state index contributed by atoms with van der Waals surface area (Å²) in [6, 6.07) is 9.79. The van der Waals surface area contributed by atoms with Gasteiger partial charge in [0.25, 0.3) is 0 Å². The highest BCUT2D eigenvalue weighted by Crippen LogP contribution is 2.16. The first-order valence-electron chi connectivity index (χ1n) is 5.48. The molecule has 0 amide bonds. The molecule has 2 nitrogen and oxygen atoms in total. The molecule has 0 aliphatic carbocycles. The van der Waals surface area contributed by atoms with Crippen LogP contribution < -0.4 is 0 Å². The fraction of sp³-hybridized carbons (Fsp3) is 0.462. The Morgan fingerprint density at radius 2 is 2.00 bits per heavy atom. The van der Waals surface area contributed by atoms with E-state index in [9.17, 15) is 4.79 Å². The molecule has 1 rings (SSSR count). The van der Waals surface area contributed by atoms with E-state index in [1.54, 1.807) is 0 Å². The minimum absolute atomic E-state index is 0.104. The Morgan fingerprint density at radius 3 is 2.60 bits per heavy atom. The van der Waals surface area contributed by atoms with E-state index in [2.05, 4.69) is 6.92 Å². The van der Waals surface area contributed by atoms with Crippen molar-refractivity contribution in [3.8, 4) is 0 Å². The average molecular weight is 206 g/mol. The Balaban J connectivity index is 2.42. The highest BCUT2D eigenvalue weighted by molar-refractivity contribution is 5.69. The minimum Gasteiger partial charge on any atom is -0.458 e. The van der Waals surface area contributed by atoms with Crippen molar-refractivity contribution in [3.63, 3.8) is 0 Å². The molecule has 0 heterocycles. The molecule has 0 fully saturated rings. The van der Waals surface area contributed by atoms with Crippen LogP contribution in [0.4, 0.5) is 0 Å². The molecule has 0 N–H and O–H groups in total. The van der Waals surface area contributed by atoms with E-state index in [4.69, 9.17) is 4.74 Å². The van der Waals surface area contributed by atoms with Crippen LogP contribution in [0, 0.1) is 0 Å². The van der Waals surface area contributed by atoms with Gasteiger partial charge in [0.1, 0.15) is 6.10 Å². The van der Waals surface area contributed by atoms with Gasteiger partial charge in [-0.1, -0.05) is 43.7 Å². The molecular weight excluding hydrogens is 188 g/mol. The maximum atomic E-state index is 11.4. The number of unbranched alkanes of at least 4 members (excludes halogenated alkanes) is 1. The molecule has 0 spiro atoms. The highest BCUT2D eigenvalue weighted by atomic mass is 16.5. The zero-order chi connectivity index (χ0) is 11.1. The highest BCUT2D eigenvalue weighted by Gasteiger charge is 2.10. The van der Waals surface area contributed by atoms with E-state index in [1.165, 1.54) is 0 Å². The Bertz CT molecular complexity index is 293. The first-order valence-corrected chi connectivity index (χ1v) is 5.48. The standard InChI is InChI=1S/C13H18O2/c1-3-4-10-13(14)15-11(2)12-8-6-5-7-9-12/h5-9,11H,3-4,10H2,1-2H3/t11-/m1/s1. The van der Waals surface area contributed by atoms with E-state index < -0.39 is 0 Å². The largest absolute Gasteiger partial charge is 0.458 e. The Labute approximate surface area is 91.3 Å². The average Bonchev–Trinajstić information content (AvgIpc) is 2.27. The minimum atomic E-state index is -0.143. The zero-order valence-corrected chi connectivity index (χ0v) is 9.40. The summed E-state index contributed by atoms with van der Waals surface area (Å²) in [5, 5.41) is 0. The second-order valence-corrected chi connectivity index (χ2v) is 3.65. The van der Waals surface area contributed by atoms with Crippen molar-refractivity contribution < 1.29 is 9.53 Å². The van der Waals surface area contributed by atoms with Crippen LogP contribution in [0.5, 0.6) is 0 Å². The fourth-order valence-electron chi connectivity index (χ4n) is 1.37. The molecule has 0 bridgehead atoms. The Hall–Kier alpha value is -1.31. The lowest BCUT2D eigenvalue weighted by Gasteiger charge is -2.13. The van der Waals surface area contributed by atoms with Gasteiger partial charge in [-0.15, -0.1) is 0 Å². The second-order valence-electron chi connectivity index (χ2n) is 3.65. The smallest absolute Gasteiger partial charge is 0.306 e. The predicted molar refractivity (Wildman–Crippen MR) is 60.5 cm³/mol. The van der Waals surface area contributed by atoms with Crippen LogP contribution in [0.1, 0.15) is 44.8 Å². The first-order chi connectivity index (χ1) is 7.24. The molecule has 1 atom stereocenters. The molecule has 0 unspecified atom stereocenters. The number of hydrogen-bond acceptors (Lipinski definition) is 2. The van der Waals surface area contributed by atoms with E-state index in [-0.39, 0.29) is 12.1 Å². The first kappa shape index (κ1) is 11.8. The quantitative estimate of drug-likeness (QED) is 0.689. The fourth-order valence-corrected chi connectivity index (χ4v) is 1.37. The number of carbonyl (C=O) groups excluding carboxylic acids is 1. The Morgan fingerprint density at radius 1 is 1.33 bits per heavy atom. The van der Waals surface area contributed by atoms with E-state index in [0.717, 1.165) is 18.4 Å². The van der Waals surface area contributed by atoms with Crippen molar-refractivity contribution in [2.75, 3.05) is 0 Å². The van der Waals surface area contributed by atoms with E-state index in [0.29, 0.717) is 6.42 Å². The summed E-state index contributed by atoms with van der Waals surface area (Å²) in [6.07, 6.45) is 2.30. The molecule has 0 saturated carbocycles. The van der Waals surface area contributed by atoms with Gasteiger partial charge in [0.05, 0.1) is 0 Å². The summed E-state index contributed by atoms with van der Waals surface area (Å²) < 4.78 is 5.30. The van der Waals surface area contributed by atoms with Gasteiger partial charge in [-0.3, -0.25) is 4.79 Å². The van der Waals surface area contributed by atoms with Crippen LogP contribution in [0.25, 0.3) is 0 Å². The molecular formula is C13H18O2. The monoisotopic (exact) mass is 206 g/mol. The number of hydrogen-bond donors (Lipinski definition) is 0.